The van der Waals surface area contributed by atoms with Crippen LogP contribution in [0.1, 0.15) is 20.8 Å². The summed E-state index contributed by atoms with van der Waals surface area (Å²) < 4.78 is 15.1. The highest BCUT2D eigenvalue weighted by Crippen LogP contribution is 1.97. The molecule has 6 heteroatoms. The van der Waals surface area contributed by atoms with Crippen LogP contribution in [0, 0.1) is 284 Å². The van der Waals surface area contributed by atoms with Gasteiger partial charge in [-0.15, -0.1) is 0 Å². The van der Waals surface area contributed by atoms with Gasteiger partial charge in [-0.25, -0.2) is 14.4 Å². The van der Waals surface area contributed by atoms with Gasteiger partial charge in [-0.05, 0) is 269 Å². The van der Waals surface area contributed by atoms with Gasteiger partial charge in [-0.3, -0.25) is 0 Å². The number of rotatable bonds is 5. The van der Waals surface area contributed by atoms with E-state index in [4.69, 9.17) is 14.2 Å². The summed E-state index contributed by atoms with van der Waals surface area (Å²) in [5.41, 5.74) is 0. The van der Waals surface area contributed by atoms with Gasteiger partial charge >= 0.3 is 17.9 Å². The quantitative estimate of drug-likeness (QED) is 0.171. The Balaban J connectivity index is 5.61. The van der Waals surface area contributed by atoms with Crippen LogP contribution in [0.25, 0.3) is 0 Å². The first kappa shape index (κ1) is 50.8. The van der Waals surface area contributed by atoms with Crippen LogP contribution in [0.2, 0.25) is 0 Å². The van der Waals surface area contributed by atoms with E-state index in [-0.39, 0.29) is 0 Å². The van der Waals surface area contributed by atoms with Gasteiger partial charge in [-0.1, -0.05) is 17.8 Å². The monoisotopic (exact) mass is 794 g/mol. The van der Waals surface area contributed by atoms with Crippen LogP contribution < -0.4 is 0 Å². The molecule has 0 fully saturated rings. The normalized spacial score (nSPS) is 5.33. The Morgan fingerprint density at radius 3 is 0.651 bits per heavy atom. The topological polar surface area (TPSA) is 78.9 Å². The van der Waals surface area contributed by atoms with Gasteiger partial charge in [0.25, 0.3) is 0 Å². The van der Waals surface area contributed by atoms with Crippen molar-refractivity contribution in [3.63, 3.8) is 0 Å². The van der Waals surface area contributed by atoms with Crippen molar-refractivity contribution in [3.05, 3.63) is 0 Å². The van der Waals surface area contributed by atoms with Crippen molar-refractivity contribution in [1.29, 1.82) is 0 Å². The van der Waals surface area contributed by atoms with E-state index in [1.54, 1.807) is 20.8 Å². The Bertz CT molecular complexity index is 3340. The molecule has 6 nitrogen and oxygen atoms in total. The maximum absolute atomic E-state index is 12.3. The van der Waals surface area contributed by atoms with Crippen LogP contribution in [0.5, 0.6) is 0 Å². The lowest BCUT2D eigenvalue weighted by molar-refractivity contribution is -0.158. The fourth-order valence-electron chi connectivity index (χ4n) is 2.27. The number of esters is 3. The molecule has 0 N–H and O–H groups in total. The highest BCUT2D eigenvalue weighted by Gasteiger charge is 2.18. The van der Waals surface area contributed by atoms with E-state index in [1.807, 2.05) is 0 Å². The second-order valence-corrected chi connectivity index (χ2v) is 8.60. The lowest BCUT2D eigenvalue weighted by Crippen LogP contribution is -2.30. The molecule has 0 aliphatic heterocycles. The van der Waals surface area contributed by atoms with Crippen molar-refractivity contribution in [2.24, 2.45) is 0 Å². The molecule has 278 valence electrons. The Morgan fingerprint density at radius 1 is 0.270 bits per heavy atom. The third-order valence-corrected chi connectivity index (χ3v) is 4.38. The Kier molecular flexibility index (Phi) is 34.4. The van der Waals surface area contributed by atoms with Crippen LogP contribution in [0.4, 0.5) is 0 Å². The smallest absolute Gasteiger partial charge is 0.385 e. The average Bonchev–Trinajstić information content (AvgIpc) is 3.28. The largest absolute Gasteiger partial charge is 0.452 e. The molecule has 0 heterocycles. The second kappa shape index (κ2) is 42.6. The minimum Gasteiger partial charge on any atom is -0.452 e. The summed E-state index contributed by atoms with van der Waals surface area (Å²) in [5, 5.41) is 0. The van der Waals surface area contributed by atoms with E-state index < -0.39 is 37.2 Å². The van der Waals surface area contributed by atoms with Gasteiger partial charge in [0.15, 0.2) is 6.10 Å². The molecule has 0 aromatic rings. The van der Waals surface area contributed by atoms with E-state index >= 15 is 0 Å². The zero-order valence-electron chi connectivity index (χ0n) is 32.9. The number of hydrogen-bond donors (Lipinski definition) is 0. The minimum absolute atomic E-state index is 0.601. The summed E-state index contributed by atoms with van der Waals surface area (Å²) >= 11 is 0. The van der Waals surface area contributed by atoms with Crippen molar-refractivity contribution < 1.29 is 28.6 Å². The predicted molar refractivity (Wildman–Crippen MR) is 235 cm³/mol. The van der Waals surface area contributed by atoms with Crippen LogP contribution in [-0.2, 0) is 28.6 Å². The molecule has 0 atom stereocenters. The number of hydrogen-bond acceptors (Lipinski definition) is 6. The molecule has 0 amide bonds. The van der Waals surface area contributed by atoms with Crippen molar-refractivity contribution >= 4 is 17.9 Å². The standard InChI is InChI=1S/C57H14O6/c1-4-7-10-13-16-19-22-25-28-31-34-37-40-43-46-49-55(58)61-52-54(63-57(60)51-48-45-42-39-36-33-30-27-24-21-18-15-12-9-6-3)53-62-56(59)50-47-44-41-38-35-32-29-26-23-20-17-14-11-8-5-2/h54H,52-53H2,1-3H3. The lowest BCUT2D eigenvalue weighted by atomic mass is 10.4. The third kappa shape index (κ3) is 40.9. The first-order valence-electron chi connectivity index (χ1n) is 16.4. The fourth-order valence-corrected chi connectivity index (χ4v) is 2.27. The summed E-state index contributed by atoms with van der Waals surface area (Å²) in [5.74, 6) is 113. The molecule has 0 unspecified atom stereocenters. The van der Waals surface area contributed by atoms with E-state index in [9.17, 15) is 14.4 Å². The highest BCUT2D eigenvalue weighted by molar-refractivity contribution is 5.90. The first-order chi connectivity index (χ1) is 31.0. The van der Waals surface area contributed by atoms with Crippen LogP contribution in [-0.4, -0.2) is 37.2 Å². The number of ether oxygens (including phenoxy) is 3. The Labute approximate surface area is 369 Å². The van der Waals surface area contributed by atoms with Crippen LogP contribution >= 0.6 is 0 Å². The molecule has 0 radical (unpaired) electrons. The summed E-state index contributed by atoms with van der Waals surface area (Å²) in [6, 6.07) is 0. The Morgan fingerprint density at radius 2 is 0.444 bits per heavy atom. The summed E-state index contributed by atoms with van der Waals surface area (Å²) in [4.78, 5) is 36.6. The molecule has 0 aliphatic carbocycles. The van der Waals surface area contributed by atoms with Crippen molar-refractivity contribution in [3.8, 4) is 284 Å². The van der Waals surface area contributed by atoms with Gasteiger partial charge in [0.1, 0.15) is 13.2 Å². The summed E-state index contributed by atoms with van der Waals surface area (Å²) in [6.45, 7) is 3.76. The summed E-state index contributed by atoms with van der Waals surface area (Å²) in [6.07, 6.45) is -1.34. The van der Waals surface area contributed by atoms with Crippen molar-refractivity contribution in [2.75, 3.05) is 13.2 Å². The van der Waals surface area contributed by atoms with Crippen molar-refractivity contribution in [2.45, 2.75) is 26.9 Å². The third-order valence-electron chi connectivity index (χ3n) is 4.38. The molecule has 0 bridgehead atoms. The van der Waals surface area contributed by atoms with Gasteiger partial charge in [0.05, 0.1) is 0 Å². The van der Waals surface area contributed by atoms with Gasteiger partial charge in [0.2, 0.25) is 0 Å². The van der Waals surface area contributed by atoms with E-state index in [2.05, 4.69) is 284 Å². The van der Waals surface area contributed by atoms with Crippen LogP contribution in [0.3, 0.4) is 0 Å². The van der Waals surface area contributed by atoms with Gasteiger partial charge in [0, 0.05) is 17.8 Å². The maximum atomic E-state index is 12.3. The van der Waals surface area contributed by atoms with E-state index in [1.165, 1.54) is 0 Å². The van der Waals surface area contributed by atoms with Crippen molar-refractivity contribution in [1.82, 2.24) is 0 Å². The van der Waals surface area contributed by atoms with E-state index in [0.29, 0.717) is 0 Å². The molecule has 0 saturated carbocycles. The molecular weight excluding hydrogens is 781 g/mol. The number of carbonyl (C=O) groups is 3. The van der Waals surface area contributed by atoms with Crippen LogP contribution in [0.15, 0.2) is 0 Å². The molecule has 0 aromatic carbocycles. The molecular formula is C57H14O6. The molecule has 63 heavy (non-hydrogen) atoms. The Hall–Kier alpha value is -12.2. The fraction of sp³-hybridized carbons (Fsp3) is 0.105. The summed E-state index contributed by atoms with van der Waals surface area (Å²) in [7, 11) is 0. The van der Waals surface area contributed by atoms with Gasteiger partial charge < -0.3 is 14.2 Å². The zero-order chi connectivity index (χ0) is 45.8. The molecule has 0 aromatic heterocycles. The van der Waals surface area contributed by atoms with Gasteiger partial charge in [-0.2, -0.15) is 0 Å². The lowest BCUT2D eigenvalue weighted by Gasteiger charge is -2.15. The second-order valence-electron chi connectivity index (χ2n) is 8.60. The molecule has 0 aliphatic rings. The molecule has 0 saturated heterocycles. The highest BCUT2D eigenvalue weighted by atomic mass is 16.6. The zero-order valence-corrected chi connectivity index (χ0v) is 32.9. The predicted octanol–water partition coefficient (Wildman–Crippen LogP) is 0.126. The van der Waals surface area contributed by atoms with E-state index in [0.717, 1.165) is 0 Å². The maximum Gasteiger partial charge on any atom is 0.385 e. The minimum atomic E-state index is -1.34. The first-order valence-corrected chi connectivity index (χ1v) is 16.4. The molecule has 0 spiro atoms. The number of carbonyl (C=O) groups excluding carboxylic acids is 3. The SMILES string of the molecule is CC#CC#CC#CC#CC#CC#CC#CC#CC(=O)OCC(COC(=O)C#CC#CC#CC#CC#CC#CC#CC#CC)OC(=O)C#CC#CC#CC#CC#CC#CC#CC#CC. The average molecular weight is 795 g/mol. The molecule has 0 rings (SSSR count).